The third kappa shape index (κ3) is 3.02. The highest BCUT2D eigenvalue weighted by Gasteiger charge is 2.25. The molecule has 0 amide bonds. The van der Waals surface area contributed by atoms with E-state index in [4.69, 9.17) is 0 Å². The minimum absolute atomic E-state index is 0.139. The Kier molecular flexibility index (Phi) is 4.60. The average molecular weight is 244 g/mol. The minimum Gasteiger partial charge on any atom is -0.388 e. The molecule has 2 atom stereocenters. The number of aliphatic hydroxyl groups excluding tert-OH is 1. The minimum atomic E-state index is -0.407. The van der Waals surface area contributed by atoms with Crippen LogP contribution < -0.4 is 0 Å². The lowest BCUT2D eigenvalue weighted by atomic mass is 9.78. The van der Waals surface area contributed by atoms with Gasteiger partial charge in [-0.2, -0.15) is 0 Å². The van der Waals surface area contributed by atoms with Gasteiger partial charge in [-0.3, -0.25) is 0 Å². The summed E-state index contributed by atoms with van der Waals surface area (Å²) in [6, 6.07) is 10.2. The van der Waals surface area contributed by atoms with Gasteiger partial charge in [-0.1, -0.05) is 63.1 Å². The highest BCUT2D eigenvalue weighted by atomic mass is 16.3. The third-order valence-electron chi connectivity index (χ3n) is 4.31. The average Bonchev–Trinajstić information content (AvgIpc) is 2.47. The van der Waals surface area contributed by atoms with Crippen molar-refractivity contribution >= 4 is 0 Å². The molecule has 2 rings (SSSR count). The Labute approximate surface area is 111 Å². The molecule has 1 aliphatic rings. The lowest BCUT2D eigenvalue weighted by molar-refractivity contribution is 0.165. The van der Waals surface area contributed by atoms with Crippen LogP contribution in [0.25, 0.3) is 0 Å². The summed E-state index contributed by atoms with van der Waals surface area (Å²) in [6.07, 6.45) is 5.92. The Morgan fingerprint density at radius 3 is 2.39 bits per heavy atom. The van der Waals surface area contributed by atoms with E-state index in [0.717, 1.165) is 5.57 Å². The van der Waals surface area contributed by atoms with Crippen LogP contribution in [0.2, 0.25) is 0 Å². The molecule has 1 heteroatoms. The first kappa shape index (κ1) is 13.4. The quantitative estimate of drug-likeness (QED) is 0.783. The topological polar surface area (TPSA) is 20.2 Å². The van der Waals surface area contributed by atoms with Crippen LogP contribution in [0.1, 0.15) is 50.5 Å². The van der Waals surface area contributed by atoms with Gasteiger partial charge in [0.05, 0.1) is 6.10 Å². The predicted molar refractivity (Wildman–Crippen MR) is 76.6 cm³/mol. The molecule has 1 fully saturated rings. The van der Waals surface area contributed by atoms with Crippen molar-refractivity contribution in [3.05, 3.63) is 48.0 Å². The van der Waals surface area contributed by atoms with E-state index in [1.807, 2.05) is 18.2 Å². The van der Waals surface area contributed by atoms with Crippen LogP contribution in [0.3, 0.4) is 0 Å². The summed E-state index contributed by atoms with van der Waals surface area (Å²) < 4.78 is 0. The van der Waals surface area contributed by atoms with E-state index in [9.17, 15) is 5.11 Å². The van der Waals surface area contributed by atoms with Crippen LogP contribution >= 0.6 is 0 Å². The van der Waals surface area contributed by atoms with E-state index in [-0.39, 0.29) is 5.92 Å². The zero-order valence-electron chi connectivity index (χ0n) is 11.3. The van der Waals surface area contributed by atoms with Crippen molar-refractivity contribution in [1.29, 1.82) is 0 Å². The smallest absolute Gasteiger partial charge is 0.0816 e. The summed E-state index contributed by atoms with van der Waals surface area (Å²) in [7, 11) is 0. The fourth-order valence-corrected chi connectivity index (χ4v) is 2.97. The Bertz CT molecular complexity index is 376. The molecule has 98 valence electrons. The van der Waals surface area contributed by atoms with Gasteiger partial charge in [-0.05, 0) is 29.9 Å². The fourth-order valence-electron chi connectivity index (χ4n) is 2.97. The second-order valence-corrected chi connectivity index (χ2v) is 5.55. The zero-order valence-corrected chi connectivity index (χ0v) is 11.3. The van der Waals surface area contributed by atoms with Crippen molar-refractivity contribution in [1.82, 2.24) is 0 Å². The van der Waals surface area contributed by atoms with Crippen molar-refractivity contribution < 1.29 is 5.11 Å². The lowest BCUT2D eigenvalue weighted by Gasteiger charge is -2.30. The molecule has 0 heterocycles. The van der Waals surface area contributed by atoms with E-state index in [2.05, 4.69) is 25.6 Å². The van der Waals surface area contributed by atoms with E-state index in [1.165, 1.54) is 37.7 Å². The number of benzene rings is 1. The van der Waals surface area contributed by atoms with Crippen molar-refractivity contribution in [2.75, 3.05) is 0 Å². The fraction of sp³-hybridized carbons (Fsp3) is 0.529. The monoisotopic (exact) mass is 244 g/mol. The van der Waals surface area contributed by atoms with Gasteiger partial charge in [0, 0.05) is 5.92 Å². The molecule has 1 N–H and O–H groups in total. The molecular formula is C17H24O. The third-order valence-corrected chi connectivity index (χ3v) is 4.31. The molecule has 1 saturated carbocycles. The molecular weight excluding hydrogens is 220 g/mol. The number of rotatable bonds is 4. The lowest BCUT2D eigenvalue weighted by Crippen LogP contribution is -2.24. The molecule has 0 spiro atoms. The molecule has 0 aromatic heterocycles. The molecule has 18 heavy (non-hydrogen) atoms. The molecule has 2 unspecified atom stereocenters. The highest BCUT2D eigenvalue weighted by Crippen LogP contribution is 2.34. The summed E-state index contributed by atoms with van der Waals surface area (Å²) in [5.41, 5.74) is 2.24. The Morgan fingerprint density at radius 1 is 1.17 bits per heavy atom. The van der Waals surface area contributed by atoms with Gasteiger partial charge in [0.25, 0.3) is 0 Å². The maximum atomic E-state index is 10.5. The van der Waals surface area contributed by atoms with Crippen molar-refractivity contribution in [3.63, 3.8) is 0 Å². The highest BCUT2D eigenvalue weighted by molar-refractivity contribution is 5.24. The van der Waals surface area contributed by atoms with E-state index in [1.54, 1.807) is 0 Å². The first-order chi connectivity index (χ1) is 8.70. The van der Waals surface area contributed by atoms with Crippen molar-refractivity contribution in [2.24, 2.45) is 5.92 Å². The largest absolute Gasteiger partial charge is 0.388 e. The SMILES string of the molecule is C=C(C1CCCCC1)C(O)C(C)c1ccccc1. The summed E-state index contributed by atoms with van der Waals surface area (Å²) in [5, 5.41) is 10.5. The normalized spacial score (nSPS) is 20.3. The summed E-state index contributed by atoms with van der Waals surface area (Å²) in [5.74, 6) is 0.667. The van der Waals surface area contributed by atoms with Gasteiger partial charge in [-0.15, -0.1) is 0 Å². The van der Waals surface area contributed by atoms with Gasteiger partial charge in [-0.25, -0.2) is 0 Å². The van der Waals surface area contributed by atoms with E-state index in [0.29, 0.717) is 5.92 Å². The van der Waals surface area contributed by atoms with Crippen molar-refractivity contribution in [3.8, 4) is 0 Å². The predicted octanol–water partition coefficient (Wildman–Crippen LogP) is 4.29. The maximum absolute atomic E-state index is 10.5. The van der Waals surface area contributed by atoms with Crippen molar-refractivity contribution in [2.45, 2.75) is 51.0 Å². The van der Waals surface area contributed by atoms with Crippen LogP contribution in [0, 0.1) is 5.92 Å². The Balaban J connectivity index is 2.01. The second-order valence-electron chi connectivity index (χ2n) is 5.55. The first-order valence-electron chi connectivity index (χ1n) is 7.12. The molecule has 0 aliphatic heterocycles. The van der Waals surface area contributed by atoms with Gasteiger partial charge < -0.3 is 5.11 Å². The van der Waals surface area contributed by atoms with Crippen LogP contribution in [0.15, 0.2) is 42.5 Å². The number of hydrogen-bond acceptors (Lipinski definition) is 1. The number of aliphatic hydroxyl groups is 1. The Hall–Kier alpha value is -1.08. The summed E-state index contributed by atoms with van der Waals surface area (Å²) in [4.78, 5) is 0. The van der Waals surface area contributed by atoms with Crippen LogP contribution in [0.5, 0.6) is 0 Å². The first-order valence-corrected chi connectivity index (χ1v) is 7.12. The molecule has 1 aromatic carbocycles. The summed E-state index contributed by atoms with van der Waals surface area (Å²) in [6.45, 7) is 6.27. The molecule has 1 nitrogen and oxygen atoms in total. The molecule has 0 radical (unpaired) electrons. The second kappa shape index (κ2) is 6.19. The molecule has 1 aromatic rings. The van der Waals surface area contributed by atoms with Crippen LogP contribution in [-0.2, 0) is 0 Å². The van der Waals surface area contributed by atoms with Gasteiger partial charge >= 0.3 is 0 Å². The Morgan fingerprint density at radius 2 is 1.78 bits per heavy atom. The maximum Gasteiger partial charge on any atom is 0.0816 e. The molecule has 0 saturated heterocycles. The van der Waals surface area contributed by atoms with E-state index < -0.39 is 6.10 Å². The molecule has 0 bridgehead atoms. The van der Waals surface area contributed by atoms with Gasteiger partial charge in [0.15, 0.2) is 0 Å². The van der Waals surface area contributed by atoms with Crippen LogP contribution in [-0.4, -0.2) is 11.2 Å². The van der Waals surface area contributed by atoms with E-state index >= 15 is 0 Å². The van der Waals surface area contributed by atoms with Gasteiger partial charge in [0.2, 0.25) is 0 Å². The molecule has 1 aliphatic carbocycles. The standard InChI is InChI=1S/C17H24O/c1-13(15-9-5-3-6-10-15)17(18)14(2)16-11-7-4-8-12-16/h4,7-8,11-12,14-15,17-18H,1,3,5-6,9-10H2,2H3. The summed E-state index contributed by atoms with van der Waals surface area (Å²) >= 11 is 0. The zero-order chi connectivity index (χ0) is 13.0. The van der Waals surface area contributed by atoms with Crippen LogP contribution in [0.4, 0.5) is 0 Å². The van der Waals surface area contributed by atoms with Gasteiger partial charge in [0.1, 0.15) is 0 Å². The number of hydrogen-bond donors (Lipinski definition) is 1.